The second-order valence-corrected chi connectivity index (χ2v) is 12.8. The van der Waals surface area contributed by atoms with E-state index in [9.17, 15) is 0 Å². The highest BCUT2D eigenvalue weighted by atomic mass is 16.3. The van der Waals surface area contributed by atoms with Gasteiger partial charge in [-0.05, 0) is 102 Å². The molecule has 11 aromatic rings. The van der Waals surface area contributed by atoms with Crippen LogP contribution in [0.4, 0.5) is 0 Å². The van der Waals surface area contributed by atoms with Gasteiger partial charge in [-0.25, -0.2) is 0 Å². The number of hydrogen-bond acceptors (Lipinski definition) is 2. The zero-order valence-corrected chi connectivity index (χ0v) is 25.8. The summed E-state index contributed by atoms with van der Waals surface area (Å²) in [5.74, 6) is 0. The first-order valence-electron chi connectivity index (χ1n) is 16.4. The third-order valence-corrected chi connectivity index (χ3v) is 10.2. The van der Waals surface area contributed by atoms with Crippen LogP contribution < -0.4 is 0 Å². The summed E-state index contributed by atoms with van der Waals surface area (Å²) in [5.41, 5.74) is 8.45. The highest BCUT2D eigenvalue weighted by molar-refractivity contribution is 6.26. The van der Waals surface area contributed by atoms with Gasteiger partial charge in [-0.3, -0.25) is 0 Å². The number of para-hydroxylation sites is 1. The zero-order chi connectivity index (χ0) is 31.3. The number of fused-ring (bicyclic) bond motifs is 12. The Labute approximate surface area is 275 Å². The highest BCUT2D eigenvalue weighted by Gasteiger charge is 2.18. The summed E-state index contributed by atoms with van der Waals surface area (Å²) in [6.45, 7) is 0. The summed E-state index contributed by atoms with van der Waals surface area (Å²) in [4.78, 5) is 0. The molecule has 0 unspecified atom stereocenters. The molecule has 48 heavy (non-hydrogen) atoms. The molecule has 2 heteroatoms. The topological polar surface area (TPSA) is 26.3 Å². The fraction of sp³-hybridized carbons (Fsp3) is 0. The highest BCUT2D eigenvalue weighted by Crippen LogP contribution is 2.44. The molecule has 0 bridgehead atoms. The molecule has 9 aromatic carbocycles. The van der Waals surface area contributed by atoms with Crippen molar-refractivity contribution in [3.63, 3.8) is 0 Å². The van der Waals surface area contributed by atoms with Gasteiger partial charge in [0.25, 0.3) is 0 Å². The van der Waals surface area contributed by atoms with Crippen LogP contribution in [0.25, 0.3) is 109 Å². The Morgan fingerprint density at radius 3 is 1.88 bits per heavy atom. The molecule has 0 atom stereocenters. The summed E-state index contributed by atoms with van der Waals surface area (Å²) in [7, 11) is 0. The van der Waals surface area contributed by atoms with Crippen LogP contribution in [0.15, 0.2) is 167 Å². The SMILES string of the molecule is c1ccc2c(-c3cccc4c(-c5ccc6c(c5)oc5ccc7c(ccc8c9ccccc9oc87)c56)c5ccccc5cc34)cccc2c1. The first-order valence-corrected chi connectivity index (χ1v) is 16.4. The third kappa shape index (κ3) is 3.52. The predicted molar refractivity (Wildman–Crippen MR) is 202 cm³/mol. The van der Waals surface area contributed by atoms with E-state index >= 15 is 0 Å². The maximum Gasteiger partial charge on any atom is 0.143 e. The molecule has 0 amide bonds. The lowest BCUT2D eigenvalue weighted by Gasteiger charge is -2.16. The van der Waals surface area contributed by atoms with Crippen LogP contribution in [0.1, 0.15) is 0 Å². The van der Waals surface area contributed by atoms with Crippen LogP contribution >= 0.6 is 0 Å². The van der Waals surface area contributed by atoms with Gasteiger partial charge in [0.05, 0.1) is 0 Å². The van der Waals surface area contributed by atoms with Crippen molar-refractivity contribution in [3.05, 3.63) is 158 Å². The van der Waals surface area contributed by atoms with Crippen LogP contribution in [0.5, 0.6) is 0 Å². The Morgan fingerprint density at radius 2 is 0.958 bits per heavy atom. The molecule has 0 fully saturated rings. The summed E-state index contributed by atoms with van der Waals surface area (Å²) in [5, 5.41) is 14.2. The smallest absolute Gasteiger partial charge is 0.143 e. The fourth-order valence-electron chi connectivity index (χ4n) is 8.11. The van der Waals surface area contributed by atoms with E-state index in [1.165, 1.54) is 49.0 Å². The van der Waals surface area contributed by atoms with Gasteiger partial charge in [-0.1, -0.05) is 115 Å². The summed E-state index contributed by atoms with van der Waals surface area (Å²) < 4.78 is 13.0. The van der Waals surface area contributed by atoms with Gasteiger partial charge < -0.3 is 8.83 Å². The van der Waals surface area contributed by atoms with E-state index in [2.05, 4.69) is 146 Å². The molecule has 0 aliphatic rings. The van der Waals surface area contributed by atoms with Crippen molar-refractivity contribution in [1.29, 1.82) is 0 Å². The Morgan fingerprint density at radius 1 is 0.312 bits per heavy atom. The molecule has 11 rings (SSSR count). The van der Waals surface area contributed by atoms with Crippen LogP contribution in [-0.2, 0) is 0 Å². The molecule has 0 aliphatic heterocycles. The van der Waals surface area contributed by atoms with Crippen molar-refractivity contribution in [1.82, 2.24) is 0 Å². The molecular formula is C46H26O2. The maximum absolute atomic E-state index is 6.63. The third-order valence-electron chi connectivity index (χ3n) is 10.2. The minimum Gasteiger partial charge on any atom is -0.456 e. The van der Waals surface area contributed by atoms with E-state index in [1.807, 2.05) is 12.1 Å². The van der Waals surface area contributed by atoms with E-state index in [-0.39, 0.29) is 0 Å². The average Bonchev–Trinajstić information content (AvgIpc) is 3.72. The fourth-order valence-corrected chi connectivity index (χ4v) is 8.11. The molecule has 0 radical (unpaired) electrons. The van der Waals surface area contributed by atoms with Crippen molar-refractivity contribution >= 4 is 87.0 Å². The Hall–Kier alpha value is -6.38. The van der Waals surface area contributed by atoms with Gasteiger partial charge in [0.2, 0.25) is 0 Å². The minimum absolute atomic E-state index is 0.881. The Kier molecular flexibility index (Phi) is 5.14. The molecule has 0 spiro atoms. The normalized spacial score (nSPS) is 12.2. The molecule has 2 nitrogen and oxygen atoms in total. The first kappa shape index (κ1) is 25.8. The van der Waals surface area contributed by atoms with Gasteiger partial charge in [-0.15, -0.1) is 0 Å². The number of benzene rings is 9. The van der Waals surface area contributed by atoms with Crippen LogP contribution in [-0.4, -0.2) is 0 Å². The number of rotatable bonds is 2. The van der Waals surface area contributed by atoms with Gasteiger partial charge in [0.1, 0.15) is 22.3 Å². The van der Waals surface area contributed by atoms with E-state index in [0.29, 0.717) is 0 Å². The largest absolute Gasteiger partial charge is 0.456 e. The second-order valence-electron chi connectivity index (χ2n) is 12.8. The van der Waals surface area contributed by atoms with Crippen LogP contribution in [0.2, 0.25) is 0 Å². The molecule has 2 heterocycles. The molecular weight excluding hydrogens is 585 g/mol. The quantitative estimate of drug-likeness (QED) is 0.182. The van der Waals surface area contributed by atoms with Crippen molar-refractivity contribution in [3.8, 4) is 22.3 Å². The monoisotopic (exact) mass is 610 g/mol. The van der Waals surface area contributed by atoms with E-state index in [1.54, 1.807) is 0 Å². The lowest BCUT2D eigenvalue weighted by atomic mass is 9.87. The molecule has 0 N–H and O–H groups in total. The lowest BCUT2D eigenvalue weighted by molar-refractivity contribution is 0.669. The van der Waals surface area contributed by atoms with Crippen molar-refractivity contribution in [2.24, 2.45) is 0 Å². The summed E-state index contributed by atoms with van der Waals surface area (Å²) >= 11 is 0. The maximum atomic E-state index is 6.63. The Bertz CT molecular complexity index is 3110. The van der Waals surface area contributed by atoms with Gasteiger partial charge in [0.15, 0.2) is 0 Å². The summed E-state index contributed by atoms with van der Waals surface area (Å²) in [6, 6.07) is 56.7. The lowest BCUT2D eigenvalue weighted by Crippen LogP contribution is -1.89. The first-order chi connectivity index (χ1) is 23.8. The predicted octanol–water partition coefficient (Wildman–Crippen LogP) is 13.4. The molecule has 0 aliphatic carbocycles. The van der Waals surface area contributed by atoms with Crippen LogP contribution in [0, 0.1) is 0 Å². The zero-order valence-electron chi connectivity index (χ0n) is 25.8. The van der Waals surface area contributed by atoms with Gasteiger partial charge in [-0.2, -0.15) is 0 Å². The molecule has 2 aromatic heterocycles. The average molecular weight is 611 g/mol. The van der Waals surface area contributed by atoms with Gasteiger partial charge in [0, 0.05) is 26.9 Å². The number of furan rings is 2. The number of hydrogen-bond donors (Lipinski definition) is 0. The second kappa shape index (κ2) is 9.57. The van der Waals surface area contributed by atoms with Crippen molar-refractivity contribution < 1.29 is 8.83 Å². The van der Waals surface area contributed by atoms with E-state index < -0.39 is 0 Å². The van der Waals surface area contributed by atoms with Crippen molar-refractivity contribution in [2.75, 3.05) is 0 Å². The van der Waals surface area contributed by atoms with E-state index in [0.717, 1.165) is 60.2 Å². The molecule has 222 valence electrons. The Balaban J connectivity index is 1.17. The molecule has 0 saturated heterocycles. The van der Waals surface area contributed by atoms with Gasteiger partial charge >= 0.3 is 0 Å². The summed E-state index contributed by atoms with van der Waals surface area (Å²) in [6.07, 6.45) is 0. The molecule has 0 saturated carbocycles. The minimum atomic E-state index is 0.881. The standard InChI is InChI=1S/C46H26O2/c1-3-12-30-27(9-1)11-7-15-32(30)33-16-8-17-35-40(33)25-28-10-2-4-13-31(28)44(35)29-19-20-39-43(26-29)47-42-24-23-38-36(45(39)42)21-22-37-34-14-5-6-18-41(34)48-46(37)38/h1-26H. The van der Waals surface area contributed by atoms with E-state index in [4.69, 9.17) is 8.83 Å². The van der Waals surface area contributed by atoms with Crippen molar-refractivity contribution in [2.45, 2.75) is 0 Å². The van der Waals surface area contributed by atoms with Crippen LogP contribution in [0.3, 0.4) is 0 Å².